The molecule has 1 spiro atoms. The van der Waals surface area contributed by atoms with Crippen molar-refractivity contribution in [3.05, 3.63) is 58.2 Å². The molecule has 2 aliphatic heterocycles. The van der Waals surface area contributed by atoms with Gasteiger partial charge in [-0.15, -0.1) is 0 Å². The second-order valence-corrected chi connectivity index (χ2v) is 9.07. The van der Waals surface area contributed by atoms with Gasteiger partial charge in [-0.2, -0.15) is 0 Å². The minimum atomic E-state index is -0.979. The molecule has 1 aliphatic carbocycles. The van der Waals surface area contributed by atoms with E-state index in [0.29, 0.717) is 12.1 Å². The van der Waals surface area contributed by atoms with E-state index in [1.54, 1.807) is 0 Å². The molecular weight excluding hydrogens is 378 g/mol. The van der Waals surface area contributed by atoms with Crippen LogP contribution in [0.25, 0.3) is 0 Å². The van der Waals surface area contributed by atoms with Crippen molar-refractivity contribution < 1.29 is 19.8 Å². The van der Waals surface area contributed by atoms with Gasteiger partial charge in [0.05, 0.1) is 24.5 Å². The summed E-state index contributed by atoms with van der Waals surface area (Å²) in [6, 6.07) is 0. The maximum absolute atomic E-state index is 10.0. The summed E-state index contributed by atoms with van der Waals surface area (Å²) in [4.78, 5) is 0. The Bertz CT molecular complexity index is 841. The second kappa shape index (κ2) is 9.46. The summed E-state index contributed by atoms with van der Waals surface area (Å²) < 4.78 is 12.9. The maximum atomic E-state index is 10.0. The number of rotatable bonds is 5. The third-order valence-electron chi connectivity index (χ3n) is 6.03. The Kier molecular flexibility index (Phi) is 7.17. The third-order valence-corrected chi connectivity index (χ3v) is 6.03. The maximum Gasteiger partial charge on any atom is 0.209 e. The van der Waals surface area contributed by atoms with E-state index >= 15 is 0 Å². The van der Waals surface area contributed by atoms with Gasteiger partial charge in [-0.05, 0) is 77.2 Å². The zero-order valence-corrected chi connectivity index (χ0v) is 18.8. The summed E-state index contributed by atoms with van der Waals surface area (Å²) in [5.41, 5.74) is 6.26. The van der Waals surface area contributed by atoms with Crippen molar-refractivity contribution in [2.45, 2.75) is 78.3 Å². The first-order valence-electron chi connectivity index (χ1n) is 10.8. The number of ether oxygens (including phenoxy) is 2. The van der Waals surface area contributed by atoms with E-state index in [9.17, 15) is 10.3 Å². The zero-order chi connectivity index (χ0) is 21.9. The van der Waals surface area contributed by atoms with Crippen molar-refractivity contribution >= 4 is 5.71 Å². The van der Waals surface area contributed by atoms with Gasteiger partial charge in [0.1, 0.15) is 0 Å². The van der Waals surface area contributed by atoms with Crippen molar-refractivity contribution in [1.29, 1.82) is 0 Å². The van der Waals surface area contributed by atoms with Crippen LogP contribution in [0.2, 0.25) is 0 Å². The van der Waals surface area contributed by atoms with E-state index in [1.807, 2.05) is 25.2 Å². The van der Waals surface area contributed by atoms with Gasteiger partial charge in [-0.3, -0.25) is 0 Å². The van der Waals surface area contributed by atoms with Gasteiger partial charge in [-0.1, -0.05) is 40.1 Å². The average Bonchev–Trinajstić information content (AvgIpc) is 2.65. The molecular formula is C25H35NO4. The summed E-state index contributed by atoms with van der Waals surface area (Å²) in [7, 11) is 0. The van der Waals surface area contributed by atoms with Crippen LogP contribution in [-0.4, -0.2) is 40.6 Å². The lowest BCUT2D eigenvalue weighted by Crippen LogP contribution is -2.49. The molecule has 0 saturated carbocycles. The number of hydrogen-bond acceptors (Lipinski definition) is 5. The highest BCUT2D eigenvalue weighted by Crippen LogP contribution is 2.42. The molecule has 3 rings (SSSR count). The summed E-state index contributed by atoms with van der Waals surface area (Å²) in [5.74, 6) is -1.03. The van der Waals surface area contributed by atoms with E-state index < -0.39 is 5.79 Å². The molecule has 164 valence electrons. The van der Waals surface area contributed by atoms with Crippen LogP contribution in [0.15, 0.2) is 63.4 Å². The van der Waals surface area contributed by atoms with Gasteiger partial charge >= 0.3 is 0 Å². The van der Waals surface area contributed by atoms with Crippen LogP contribution in [0.4, 0.5) is 0 Å². The fraction of sp³-hybridized carbons (Fsp3) is 0.560. The largest absolute Gasteiger partial charge is 0.411 e. The van der Waals surface area contributed by atoms with Gasteiger partial charge in [0.15, 0.2) is 0 Å². The molecule has 0 aromatic rings. The van der Waals surface area contributed by atoms with Gasteiger partial charge in [0.25, 0.3) is 0 Å². The summed E-state index contributed by atoms with van der Waals surface area (Å²) in [6.45, 7) is 10.3. The van der Waals surface area contributed by atoms with Crippen molar-refractivity contribution in [1.82, 2.24) is 0 Å². The van der Waals surface area contributed by atoms with Crippen LogP contribution in [0.1, 0.15) is 60.3 Å². The number of oxime groups is 1. The fourth-order valence-electron chi connectivity index (χ4n) is 4.55. The highest BCUT2D eigenvalue weighted by molar-refractivity contribution is 6.00. The van der Waals surface area contributed by atoms with E-state index in [1.165, 1.54) is 16.7 Å². The van der Waals surface area contributed by atoms with Gasteiger partial charge in [-0.25, -0.2) is 0 Å². The number of allylic oxidation sites excluding steroid dienone is 4. The lowest BCUT2D eigenvalue weighted by Gasteiger charge is -2.45. The third kappa shape index (κ3) is 5.20. The quantitative estimate of drug-likeness (QED) is 0.368. The number of fused-ring (bicyclic) bond motifs is 1. The van der Waals surface area contributed by atoms with Gasteiger partial charge < -0.3 is 19.8 Å². The zero-order valence-electron chi connectivity index (χ0n) is 18.8. The SMILES string of the molecule is CC(C)=CCC/C(C)=C/[C@@H]1CC(C)=C[C@]2(C=C(CO)[C@H]3C/C(=N/O)C(C)=C[C@H]3O2)O1. The molecule has 5 nitrogen and oxygen atoms in total. The van der Waals surface area contributed by atoms with Crippen molar-refractivity contribution in [2.24, 2.45) is 11.1 Å². The number of hydrogen-bond donors (Lipinski definition) is 2. The predicted octanol–water partition coefficient (Wildman–Crippen LogP) is 5.22. The molecule has 5 heteroatoms. The van der Waals surface area contributed by atoms with Crippen LogP contribution in [0.3, 0.4) is 0 Å². The summed E-state index contributed by atoms with van der Waals surface area (Å²) >= 11 is 0. The molecule has 4 atom stereocenters. The molecule has 0 bridgehead atoms. The van der Waals surface area contributed by atoms with Gasteiger partial charge in [0.2, 0.25) is 5.79 Å². The lowest BCUT2D eigenvalue weighted by atomic mass is 9.78. The van der Waals surface area contributed by atoms with Crippen LogP contribution >= 0.6 is 0 Å². The Hall–Kier alpha value is -1.95. The lowest BCUT2D eigenvalue weighted by molar-refractivity contribution is -0.223. The molecule has 0 unspecified atom stereocenters. The molecule has 30 heavy (non-hydrogen) atoms. The standard InChI is InChI=1S/C25H35NO4/c1-16(2)7-6-8-17(3)9-21-10-18(4)13-25(29-21)14-20(15-27)22-12-23(26-28)19(5)11-24(22)30-25/h7,9,11,13-14,21-22,24,27-28H,6,8,10,12,15H2,1-5H3/b17-9+,26-23-/t21-,22-,24-,25+/m1/s1. The number of nitrogens with zero attached hydrogens (tertiary/aromatic N) is 1. The minimum Gasteiger partial charge on any atom is -0.411 e. The fourth-order valence-corrected chi connectivity index (χ4v) is 4.55. The smallest absolute Gasteiger partial charge is 0.209 e. The van der Waals surface area contributed by atoms with E-state index in [2.05, 4.69) is 45.0 Å². The Morgan fingerprint density at radius 3 is 2.63 bits per heavy atom. The van der Waals surface area contributed by atoms with Crippen molar-refractivity contribution in [2.75, 3.05) is 6.61 Å². The molecule has 2 heterocycles. The van der Waals surface area contributed by atoms with E-state index in [0.717, 1.165) is 30.4 Å². The highest BCUT2D eigenvalue weighted by atomic mass is 16.7. The molecule has 0 saturated heterocycles. The molecule has 2 N–H and O–H groups in total. The predicted molar refractivity (Wildman–Crippen MR) is 120 cm³/mol. The Balaban J connectivity index is 1.84. The van der Waals surface area contributed by atoms with Crippen LogP contribution in [-0.2, 0) is 9.47 Å². The van der Waals surface area contributed by atoms with Crippen LogP contribution in [0.5, 0.6) is 0 Å². The Morgan fingerprint density at radius 1 is 1.20 bits per heavy atom. The highest BCUT2D eigenvalue weighted by Gasteiger charge is 2.45. The van der Waals surface area contributed by atoms with Crippen LogP contribution < -0.4 is 0 Å². The van der Waals surface area contributed by atoms with E-state index in [-0.39, 0.29) is 24.7 Å². The first kappa shape index (κ1) is 22.7. The van der Waals surface area contributed by atoms with Crippen molar-refractivity contribution in [3.63, 3.8) is 0 Å². The molecule has 0 radical (unpaired) electrons. The first-order chi connectivity index (χ1) is 14.2. The van der Waals surface area contributed by atoms with E-state index in [4.69, 9.17) is 9.47 Å². The molecule has 3 aliphatic rings. The first-order valence-corrected chi connectivity index (χ1v) is 10.8. The Labute approximate surface area is 180 Å². The average molecular weight is 414 g/mol. The monoisotopic (exact) mass is 413 g/mol. The van der Waals surface area contributed by atoms with Crippen LogP contribution in [0, 0.1) is 5.92 Å². The second-order valence-electron chi connectivity index (χ2n) is 9.07. The Morgan fingerprint density at radius 2 is 1.97 bits per heavy atom. The summed E-state index contributed by atoms with van der Waals surface area (Å²) in [6.07, 6.45) is 13.5. The normalized spacial score (nSPS) is 33.0. The number of aliphatic hydroxyl groups is 1. The molecule has 0 aromatic heterocycles. The molecule has 0 aromatic carbocycles. The molecule has 0 amide bonds. The van der Waals surface area contributed by atoms with Gasteiger partial charge in [0, 0.05) is 12.3 Å². The number of aliphatic hydroxyl groups excluding tert-OH is 1. The van der Waals surface area contributed by atoms with Crippen molar-refractivity contribution in [3.8, 4) is 0 Å². The molecule has 0 fully saturated rings. The topological polar surface area (TPSA) is 71.3 Å². The summed E-state index contributed by atoms with van der Waals surface area (Å²) in [5, 5.41) is 22.7. The minimum absolute atomic E-state index is 0.0470.